The Labute approximate surface area is 216 Å². The number of amides is 1. The van der Waals surface area contributed by atoms with Crippen molar-refractivity contribution in [3.05, 3.63) is 87.5 Å². The molecule has 36 heavy (non-hydrogen) atoms. The molecular formula is C24H21ClFN4O4S2+. The molecule has 1 fully saturated rings. The van der Waals surface area contributed by atoms with Gasteiger partial charge >= 0.3 is 5.91 Å². The van der Waals surface area contributed by atoms with Crippen LogP contribution < -0.4 is 4.91 Å². The lowest BCUT2D eigenvalue weighted by Crippen LogP contribution is -2.40. The lowest BCUT2D eigenvalue weighted by molar-refractivity contribution is 0.0875. The smallest absolute Gasteiger partial charge is 0.294 e. The van der Waals surface area contributed by atoms with E-state index in [-0.39, 0.29) is 35.5 Å². The van der Waals surface area contributed by atoms with E-state index in [4.69, 9.17) is 11.6 Å². The zero-order chi connectivity index (χ0) is 25.7. The van der Waals surface area contributed by atoms with Gasteiger partial charge in [-0.3, -0.25) is 9.59 Å². The summed E-state index contributed by atoms with van der Waals surface area (Å²) in [5.74, 6) is -1.38. The highest BCUT2D eigenvalue weighted by Crippen LogP contribution is 2.30. The topological polar surface area (TPSA) is 110 Å². The molecule has 1 amide bonds. The van der Waals surface area contributed by atoms with Crippen molar-refractivity contribution in [2.24, 2.45) is 16.1 Å². The summed E-state index contributed by atoms with van der Waals surface area (Å²) >= 11 is 6.86. The van der Waals surface area contributed by atoms with E-state index in [9.17, 15) is 22.4 Å². The summed E-state index contributed by atoms with van der Waals surface area (Å²) in [4.78, 5) is 28.8. The van der Waals surface area contributed by atoms with Crippen LogP contribution in [0.25, 0.3) is 0 Å². The zero-order valence-electron chi connectivity index (χ0n) is 18.9. The number of hydrogen-bond donors (Lipinski definition) is 0. The molecule has 0 atom stereocenters. The summed E-state index contributed by atoms with van der Waals surface area (Å²) in [7, 11) is -3.71. The van der Waals surface area contributed by atoms with E-state index in [1.54, 1.807) is 18.2 Å². The third kappa shape index (κ3) is 6.18. The number of thiophene rings is 1. The summed E-state index contributed by atoms with van der Waals surface area (Å²) in [6.07, 6.45) is 0.788. The van der Waals surface area contributed by atoms with Crippen LogP contribution in [-0.4, -0.2) is 37.5 Å². The maximum Gasteiger partial charge on any atom is 0.360 e. The molecule has 0 spiro atoms. The summed E-state index contributed by atoms with van der Waals surface area (Å²) in [5, 5.41) is 7.87. The van der Waals surface area contributed by atoms with E-state index < -0.39 is 21.7 Å². The Kier molecular flexibility index (Phi) is 8.17. The number of carbonyl (C=O) groups excluding carboxylic acids is 2. The largest absolute Gasteiger partial charge is 0.360 e. The fraction of sp³-hybridized carbons (Fsp3) is 0.250. The molecule has 0 unspecified atom stereocenters. The number of carbonyl (C=O) groups is 2. The Morgan fingerprint density at radius 3 is 2.31 bits per heavy atom. The second kappa shape index (κ2) is 11.3. The van der Waals surface area contributed by atoms with E-state index in [1.807, 2.05) is 0 Å². The van der Waals surface area contributed by atoms with E-state index in [2.05, 4.69) is 15.1 Å². The van der Waals surface area contributed by atoms with Crippen molar-refractivity contribution in [3.8, 4) is 0 Å². The van der Waals surface area contributed by atoms with Gasteiger partial charge in [0, 0.05) is 40.0 Å². The molecule has 186 valence electrons. The monoisotopic (exact) mass is 547 g/mol. The Hall–Kier alpha value is -3.08. The number of ketones is 1. The van der Waals surface area contributed by atoms with Crippen LogP contribution >= 0.6 is 22.9 Å². The quantitative estimate of drug-likeness (QED) is 0.232. The van der Waals surface area contributed by atoms with Gasteiger partial charge in [-0.25, -0.2) is 12.8 Å². The van der Waals surface area contributed by atoms with Gasteiger partial charge in [-0.1, -0.05) is 11.6 Å². The molecule has 12 heteroatoms. The molecule has 1 aromatic heterocycles. The molecule has 2 heterocycles. The van der Waals surface area contributed by atoms with Gasteiger partial charge in [-0.05, 0) is 73.5 Å². The normalized spacial score (nSPS) is 14.7. The van der Waals surface area contributed by atoms with Crippen LogP contribution in [0, 0.1) is 11.7 Å². The lowest BCUT2D eigenvalue weighted by atomic mass is 9.90. The fourth-order valence-electron chi connectivity index (χ4n) is 3.74. The number of halogens is 2. The Morgan fingerprint density at radius 2 is 1.64 bits per heavy atom. The molecule has 3 aromatic rings. The minimum atomic E-state index is -3.71. The lowest BCUT2D eigenvalue weighted by Gasteiger charge is -2.30. The van der Waals surface area contributed by atoms with Crippen LogP contribution in [0.15, 0.2) is 75.1 Å². The van der Waals surface area contributed by atoms with E-state index in [0.29, 0.717) is 33.9 Å². The average molecular weight is 548 g/mol. The summed E-state index contributed by atoms with van der Waals surface area (Å²) in [5.41, 5.74) is 0.752. The van der Waals surface area contributed by atoms with Crippen molar-refractivity contribution in [1.29, 1.82) is 0 Å². The number of piperidine rings is 1. The summed E-state index contributed by atoms with van der Waals surface area (Å²) in [6, 6.07) is 14.7. The van der Waals surface area contributed by atoms with Crippen molar-refractivity contribution >= 4 is 44.7 Å². The second-order valence-corrected chi connectivity index (χ2v) is 11.8. The molecule has 1 saturated heterocycles. The standard InChI is InChI=1S/C24H21ClFN4O4S2/c25-19-5-1-18(2-6-19)24(32)28-29-27-15-21-9-10-22(35-21)36(33,34)30-13-11-17(12-14-30)23(31)16-3-7-20(26)8-4-16/h1-10,17H,11-15H2/q+1. The summed E-state index contributed by atoms with van der Waals surface area (Å²) in [6.45, 7) is 0.517. The Morgan fingerprint density at radius 1 is 1.00 bits per heavy atom. The van der Waals surface area contributed by atoms with Gasteiger partial charge < -0.3 is 0 Å². The first-order valence-corrected chi connectivity index (χ1v) is 13.6. The minimum absolute atomic E-state index is 0.0752. The molecule has 0 saturated carbocycles. The van der Waals surface area contributed by atoms with Gasteiger partial charge in [-0.2, -0.15) is 4.31 Å². The van der Waals surface area contributed by atoms with Crippen LogP contribution in [-0.2, 0) is 16.6 Å². The molecule has 0 bridgehead atoms. The van der Waals surface area contributed by atoms with Gasteiger partial charge in [0.15, 0.2) is 12.3 Å². The molecule has 0 N–H and O–H groups in total. The zero-order valence-corrected chi connectivity index (χ0v) is 21.3. The number of rotatable bonds is 7. The molecule has 8 nitrogen and oxygen atoms in total. The third-order valence-electron chi connectivity index (χ3n) is 5.70. The number of benzene rings is 2. The number of hydrogen-bond acceptors (Lipinski definition) is 6. The number of nitrogens with zero attached hydrogens (tertiary/aromatic N) is 4. The fourth-order valence-corrected chi connectivity index (χ4v) is 6.76. The first-order valence-electron chi connectivity index (χ1n) is 11.0. The van der Waals surface area contributed by atoms with Crippen molar-refractivity contribution in [1.82, 2.24) is 9.22 Å². The van der Waals surface area contributed by atoms with Crippen LogP contribution in [0.5, 0.6) is 0 Å². The van der Waals surface area contributed by atoms with Crippen molar-refractivity contribution in [3.63, 3.8) is 0 Å². The first kappa shape index (κ1) is 26.0. The second-order valence-electron chi connectivity index (χ2n) is 8.07. The SMILES string of the molecule is O=C(N=[N+]=NCc1ccc(S(=O)(=O)N2CCC(C(=O)c3ccc(F)cc3)CC2)s1)c1ccc(Cl)cc1. The average Bonchev–Trinajstić information content (AvgIpc) is 3.37. The maximum atomic E-state index is 13.1. The van der Waals surface area contributed by atoms with Gasteiger partial charge in [0.1, 0.15) is 15.1 Å². The predicted molar refractivity (Wildman–Crippen MR) is 133 cm³/mol. The Bertz CT molecular complexity index is 1430. The first-order chi connectivity index (χ1) is 17.2. The van der Waals surface area contributed by atoms with E-state index >= 15 is 0 Å². The van der Waals surface area contributed by atoms with Gasteiger partial charge in [0.25, 0.3) is 10.0 Å². The summed E-state index contributed by atoms with van der Waals surface area (Å²) < 4.78 is 40.8. The van der Waals surface area contributed by atoms with Gasteiger partial charge in [0.05, 0.1) is 0 Å². The predicted octanol–water partition coefficient (Wildman–Crippen LogP) is 5.14. The van der Waals surface area contributed by atoms with Crippen LogP contribution in [0.1, 0.15) is 38.4 Å². The van der Waals surface area contributed by atoms with Crippen LogP contribution in [0.4, 0.5) is 4.39 Å². The highest BCUT2D eigenvalue weighted by molar-refractivity contribution is 7.91. The van der Waals surface area contributed by atoms with Crippen molar-refractivity contribution in [2.75, 3.05) is 13.1 Å². The highest BCUT2D eigenvalue weighted by Gasteiger charge is 2.33. The van der Waals surface area contributed by atoms with E-state index in [1.165, 1.54) is 46.8 Å². The van der Waals surface area contributed by atoms with Crippen molar-refractivity contribution in [2.45, 2.75) is 23.6 Å². The number of sulfonamides is 1. The van der Waals surface area contributed by atoms with Gasteiger partial charge in [-0.15, -0.1) is 11.3 Å². The molecule has 0 aliphatic carbocycles. The molecule has 1 aliphatic rings. The highest BCUT2D eigenvalue weighted by atomic mass is 35.5. The third-order valence-corrected chi connectivity index (χ3v) is 9.39. The molecule has 2 aromatic carbocycles. The molecule has 4 rings (SSSR count). The van der Waals surface area contributed by atoms with Crippen LogP contribution in [0.3, 0.4) is 0 Å². The van der Waals surface area contributed by atoms with Gasteiger partial charge in [0.2, 0.25) is 10.0 Å². The van der Waals surface area contributed by atoms with Crippen molar-refractivity contribution < 1.29 is 22.4 Å². The van der Waals surface area contributed by atoms with E-state index in [0.717, 1.165) is 11.3 Å². The number of Topliss-reactive ketones (excluding diaryl/α,β-unsaturated/α-hetero) is 1. The Balaban J connectivity index is 1.33. The van der Waals surface area contributed by atoms with Crippen LogP contribution in [0.2, 0.25) is 5.02 Å². The molecule has 1 aliphatic heterocycles. The minimum Gasteiger partial charge on any atom is -0.294 e. The molecule has 0 radical (unpaired) electrons. The maximum absolute atomic E-state index is 13.1. The molecular weight excluding hydrogens is 527 g/mol.